The second-order valence-corrected chi connectivity index (χ2v) is 6.00. The Balaban J connectivity index is 2.38. The molecule has 1 aliphatic heterocycles. The van der Waals surface area contributed by atoms with Gasteiger partial charge in [0.1, 0.15) is 18.5 Å². The average molecular weight is 316 g/mol. The number of benzene rings is 1. The molecule has 1 saturated heterocycles. The van der Waals surface area contributed by atoms with Crippen LogP contribution < -0.4 is 5.32 Å². The third-order valence-corrected chi connectivity index (χ3v) is 4.07. The van der Waals surface area contributed by atoms with Crippen molar-refractivity contribution in [3.05, 3.63) is 35.6 Å². The van der Waals surface area contributed by atoms with E-state index in [0.717, 1.165) is 0 Å². The average Bonchev–Trinajstić information content (AvgIpc) is 2.45. The van der Waals surface area contributed by atoms with Crippen LogP contribution in [0.25, 0.3) is 0 Å². The maximum absolute atomic E-state index is 14.7. The zero-order chi connectivity index (χ0) is 16.3. The van der Waals surface area contributed by atoms with E-state index in [-0.39, 0.29) is 12.1 Å². The zero-order valence-electron chi connectivity index (χ0n) is 13.2. The Bertz CT molecular complexity index is 481. The van der Waals surface area contributed by atoms with E-state index in [0.29, 0.717) is 18.7 Å². The van der Waals surface area contributed by atoms with E-state index in [9.17, 15) is 13.2 Å². The fraction of sp³-hybridized carbons (Fsp3) is 0.625. The summed E-state index contributed by atoms with van der Waals surface area (Å²) in [4.78, 5) is 1.79. The molecule has 1 aromatic rings. The fourth-order valence-electron chi connectivity index (χ4n) is 3.00. The van der Waals surface area contributed by atoms with Gasteiger partial charge in [0.2, 0.25) is 0 Å². The number of nitrogens with one attached hydrogen (secondary N) is 1. The molecule has 124 valence electrons. The first kappa shape index (κ1) is 17.2. The van der Waals surface area contributed by atoms with Crippen LogP contribution in [0.4, 0.5) is 13.2 Å². The van der Waals surface area contributed by atoms with Crippen molar-refractivity contribution in [1.82, 2.24) is 10.2 Å². The Morgan fingerprint density at radius 3 is 2.55 bits per heavy atom. The molecule has 1 aliphatic rings. The molecule has 3 nitrogen and oxygen atoms in total. The van der Waals surface area contributed by atoms with Gasteiger partial charge >= 0.3 is 0 Å². The molecule has 1 fully saturated rings. The molecule has 3 atom stereocenters. The van der Waals surface area contributed by atoms with Crippen molar-refractivity contribution in [2.24, 2.45) is 0 Å². The van der Waals surface area contributed by atoms with E-state index in [4.69, 9.17) is 4.74 Å². The van der Waals surface area contributed by atoms with Crippen molar-refractivity contribution in [3.63, 3.8) is 0 Å². The van der Waals surface area contributed by atoms with Crippen molar-refractivity contribution in [2.75, 3.05) is 26.8 Å². The summed E-state index contributed by atoms with van der Waals surface area (Å²) in [5.74, 6) is -3.49. The first-order valence-corrected chi connectivity index (χ1v) is 7.46. The number of rotatable bonds is 5. The second-order valence-electron chi connectivity index (χ2n) is 6.00. The maximum Gasteiger partial charge on any atom is 0.290 e. The predicted octanol–water partition coefficient (Wildman–Crippen LogP) is 2.83. The number of piperazine rings is 1. The van der Waals surface area contributed by atoms with Crippen LogP contribution in [0.1, 0.15) is 25.5 Å². The highest BCUT2D eigenvalue weighted by molar-refractivity contribution is 5.23. The predicted molar refractivity (Wildman–Crippen MR) is 79.6 cm³/mol. The highest BCUT2D eigenvalue weighted by Crippen LogP contribution is 2.38. The summed E-state index contributed by atoms with van der Waals surface area (Å²) in [5, 5.41) is 3.28. The molecular weight excluding hydrogens is 293 g/mol. The molecule has 0 saturated carbocycles. The highest BCUT2D eigenvalue weighted by atomic mass is 19.3. The summed E-state index contributed by atoms with van der Waals surface area (Å²) in [6.07, 6.45) is 0. The van der Waals surface area contributed by atoms with Crippen molar-refractivity contribution < 1.29 is 17.9 Å². The van der Waals surface area contributed by atoms with Crippen LogP contribution in [0, 0.1) is 5.82 Å². The van der Waals surface area contributed by atoms with Crippen LogP contribution in [0.2, 0.25) is 0 Å². The maximum atomic E-state index is 14.7. The SMILES string of the molecule is COCC(F)(F)C(c1ccc(F)cc1)N1C[C@H](C)NC[C@H]1C. The molecule has 6 heteroatoms. The third kappa shape index (κ3) is 3.80. The Morgan fingerprint density at radius 1 is 1.32 bits per heavy atom. The van der Waals surface area contributed by atoms with Gasteiger partial charge in [0.15, 0.2) is 0 Å². The Morgan fingerprint density at radius 2 is 1.95 bits per heavy atom. The van der Waals surface area contributed by atoms with Crippen LogP contribution in [-0.4, -0.2) is 49.7 Å². The van der Waals surface area contributed by atoms with Crippen molar-refractivity contribution in [1.29, 1.82) is 0 Å². The molecule has 2 rings (SSSR count). The number of hydrogen-bond donors (Lipinski definition) is 1. The molecular formula is C16H23F3N2O. The molecule has 0 radical (unpaired) electrons. The highest BCUT2D eigenvalue weighted by Gasteiger charge is 2.46. The monoisotopic (exact) mass is 316 g/mol. The smallest absolute Gasteiger partial charge is 0.290 e. The normalized spacial score (nSPS) is 25.2. The quantitative estimate of drug-likeness (QED) is 0.904. The minimum atomic E-state index is -3.06. The number of alkyl halides is 2. The van der Waals surface area contributed by atoms with Gasteiger partial charge in [-0.2, -0.15) is 0 Å². The summed E-state index contributed by atoms with van der Waals surface area (Å²) in [6.45, 7) is 4.36. The lowest BCUT2D eigenvalue weighted by Gasteiger charge is -2.45. The van der Waals surface area contributed by atoms with Gasteiger partial charge in [-0.05, 0) is 31.5 Å². The van der Waals surface area contributed by atoms with Crippen molar-refractivity contribution in [2.45, 2.75) is 37.9 Å². The second kappa shape index (κ2) is 6.98. The Kier molecular flexibility index (Phi) is 5.47. The molecule has 0 aromatic heterocycles. The molecule has 1 aromatic carbocycles. The van der Waals surface area contributed by atoms with Crippen LogP contribution in [-0.2, 0) is 4.74 Å². The lowest BCUT2D eigenvalue weighted by Crippen LogP contribution is -2.58. The van der Waals surface area contributed by atoms with Gasteiger partial charge in [-0.15, -0.1) is 0 Å². The molecule has 0 bridgehead atoms. The summed E-state index contributed by atoms with van der Waals surface area (Å²) in [7, 11) is 1.26. The number of methoxy groups -OCH3 is 1. The lowest BCUT2D eigenvalue weighted by molar-refractivity contribution is -0.136. The van der Waals surface area contributed by atoms with Gasteiger partial charge in [-0.3, -0.25) is 4.90 Å². The molecule has 0 amide bonds. The van der Waals surface area contributed by atoms with E-state index >= 15 is 0 Å². The number of hydrogen-bond acceptors (Lipinski definition) is 3. The molecule has 0 aliphatic carbocycles. The summed E-state index contributed by atoms with van der Waals surface area (Å²) < 4.78 is 47.2. The first-order valence-electron chi connectivity index (χ1n) is 7.46. The molecule has 1 unspecified atom stereocenters. The number of ether oxygens (including phenoxy) is 1. The van der Waals surface area contributed by atoms with Crippen LogP contribution in [0.3, 0.4) is 0 Å². The van der Waals surface area contributed by atoms with Gasteiger partial charge < -0.3 is 10.1 Å². The lowest BCUT2D eigenvalue weighted by atomic mass is 9.95. The van der Waals surface area contributed by atoms with Crippen molar-refractivity contribution >= 4 is 0 Å². The van der Waals surface area contributed by atoms with E-state index in [2.05, 4.69) is 5.32 Å². The van der Waals surface area contributed by atoms with Gasteiger partial charge in [-0.25, -0.2) is 13.2 Å². The van der Waals surface area contributed by atoms with Gasteiger partial charge in [0, 0.05) is 32.3 Å². The zero-order valence-corrected chi connectivity index (χ0v) is 13.2. The number of nitrogens with zero attached hydrogens (tertiary/aromatic N) is 1. The van der Waals surface area contributed by atoms with E-state index < -0.39 is 24.4 Å². The minimum absolute atomic E-state index is 0.0472. The summed E-state index contributed by atoms with van der Waals surface area (Å²) in [5.41, 5.74) is 0.407. The molecule has 1 heterocycles. The van der Waals surface area contributed by atoms with E-state index in [1.807, 2.05) is 13.8 Å². The van der Waals surface area contributed by atoms with Crippen LogP contribution in [0.5, 0.6) is 0 Å². The number of halogens is 3. The largest absolute Gasteiger partial charge is 0.378 e. The van der Waals surface area contributed by atoms with Gasteiger partial charge in [0.25, 0.3) is 5.92 Å². The van der Waals surface area contributed by atoms with Gasteiger partial charge in [0.05, 0.1) is 0 Å². The Labute approximate surface area is 129 Å². The fourth-order valence-corrected chi connectivity index (χ4v) is 3.00. The molecule has 22 heavy (non-hydrogen) atoms. The Hall–Kier alpha value is -1.11. The first-order chi connectivity index (χ1) is 10.3. The van der Waals surface area contributed by atoms with Crippen molar-refractivity contribution in [3.8, 4) is 0 Å². The molecule has 1 N–H and O–H groups in total. The summed E-state index contributed by atoms with van der Waals surface area (Å²) >= 11 is 0. The minimum Gasteiger partial charge on any atom is -0.378 e. The topological polar surface area (TPSA) is 24.5 Å². The van der Waals surface area contributed by atoms with Crippen LogP contribution in [0.15, 0.2) is 24.3 Å². The summed E-state index contributed by atoms with van der Waals surface area (Å²) in [6, 6.07) is 4.26. The van der Waals surface area contributed by atoms with Crippen LogP contribution >= 0.6 is 0 Å². The standard InChI is InChI=1S/C16H23F3N2O/c1-11-9-21(12(2)8-20-11)15(16(18,19)10-22-3)13-4-6-14(17)7-5-13/h4-7,11-12,15,20H,8-10H2,1-3H3/t11-,12+,15?/m0/s1. The molecule has 0 spiro atoms. The van der Waals surface area contributed by atoms with E-state index in [1.54, 1.807) is 4.90 Å². The van der Waals surface area contributed by atoms with E-state index in [1.165, 1.54) is 31.4 Å². The van der Waals surface area contributed by atoms with Gasteiger partial charge in [-0.1, -0.05) is 12.1 Å². The third-order valence-electron chi connectivity index (χ3n) is 4.07.